The fourth-order valence-corrected chi connectivity index (χ4v) is 0.653. The molecule has 0 heterocycles. The summed E-state index contributed by atoms with van der Waals surface area (Å²) < 4.78 is 0. The number of rotatable bonds is 3. The fourth-order valence-electron chi connectivity index (χ4n) is 0.410. The van der Waals surface area contributed by atoms with Crippen molar-refractivity contribution in [1.29, 1.82) is 0 Å². The lowest BCUT2D eigenvalue weighted by Gasteiger charge is -1.88. The largest absolute Gasteiger partial charge is 0.333 e. The summed E-state index contributed by atoms with van der Waals surface area (Å²) in [4.78, 5) is 0. The Bertz CT molecular complexity index is 136. The number of alkyl halides is 1. The molecule has 11 heavy (non-hydrogen) atoms. The van der Waals surface area contributed by atoms with Gasteiger partial charge in [0.25, 0.3) is 0 Å². The van der Waals surface area contributed by atoms with E-state index in [1.54, 1.807) is 6.08 Å². The summed E-state index contributed by atoms with van der Waals surface area (Å²) in [5.41, 5.74) is 5.62. The van der Waals surface area contributed by atoms with E-state index >= 15 is 0 Å². The molecule has 0 saturated heterocycles. The third-order valence-corrected chi connectivity index (χ3v) is 1.28. The Hall–Kier alpha value is -0.530. The second-order valence-corrected chi connectivity index (χ2v) is 1.86. The minimum atomic E-state index is 0.570. The van der Waals surface area contributed by atoms with Crippen LogP contribution in [0.3, 0.4) is 0 Å². The van der Waals surface area contributed by atoms with E-state index in [0.717, 1.165) is 5.57 Å². The molecule has 0 amide bonds. The van der Waals surface area contributed by atoms with Crippen molar-refractivity contribution >= 4 is 11.6 Å². The molecular formula is C9H16ClN. The van der Waals surface area contributed by atoms with Gasteiger partial charge < -0.3 is 5.73 Å². The molecule has 0 aromatic rings. The predicted octanol–water partition coefficient (Wildman–Crippen LogP) is 2.49. The van der Waals surface area contributed by atoms with Crippen molar-refractivity contribution in [3.05, 3.63) is 36.5 Å². The van der Waals surface area contributed by atoms with Crippen LogP contribution < -0.4 is 5.73 Å². The first-order valence-corrected chi connectivity index (χ1v) is 3.96. The van der Waals surface area contributed by atoms with E-state index < -0.39 is 0 Å². The molecule has 0 radical (unpaired) electrons. The van der Waals surface area contributed by atoms with Gasteiger partial charge in [0, 0.05) is 5.88 Å². The van der Waals surface area contributed by atoms with Crippen molar-refractivity contribution in [2.75, 3.05) is 12.9 Å². The zero-order valence-corrected chi connectivity index (χ0v) is 7.93. The van der Waals surface area contributed by atoms with Crippen LogP contribution in [0.5, 0.6) is 0 Å². The smallest absolute Gasteiger partial charge is 0.0470 e. The summed E-state index contributed by atoms with van der Waals surface area (Å²) in [6, 6.07) is 0. The molecular weight excluding hydrogens is 158 g/mol. The first-order valence-electron chi connectivity index (χ1n) is 3.43. The lowest BCUT2D eigenvalue weighted by atomic mass is 10.2. The monoisotopic (exact) mass is 173 g/mol. The van der Waals surface area contributed by atoms with E-state index in [0.29, 0.717) is 5.88 Å². The Balaban J connectivity index is 0. The van der Waals surface area contributed by atoms with Crippen LogP contribution in [-0.2, 0) is 0 Å². The van der Waals surface area contributed by atoms with Crippen LogP contribution in [-0.4, -0.2) is 12.9 Å². The molecule has 0 unspecified atom stereocenters. The lowest BCUT2D eigenvalue weighted by molar-refractivity contribution is 1.48. The van der Waals surface area contributed by atoms with Gasteiger partial charge in [0.05, 0.1) is 0 Å². The van der Waals surface area contributed by atoms with Gasteiger partial charge in [-0.05, 0) is 19.5 Å². The molecule has 2 N–H and O–H groups in total. The van der Waals surface area contributed by atoms with Crippen molar-refractivity contribution in [1.82, 2.24) is 0 Å². The maximum atomic E-state index is 5.55. The summed E-state index contributed by atoms with van der Waals surface area (Å²) in [6.07, 6.45) is 7.53. The quantitative estimate of drug-likeness (QED) is 0.515. The van der Waals surface area contributed by atoms with Gasteiger partial charge in [0.2, 0.25) is 0 Å². The highest BCUT2D eigenvalue weighted by atomic mass is 35.5. The van der Waals surface area contributed by atoms with Gasteiger partial charge in [0.15, 0.2) is 0 Å². The van der Waals surface area contributed by atoms with Crippen LogP contribution in [0.15, 0.2) is 36.5 Å². The van der Waals surface area contributed by atoms with Gasteiger partial charge in [-0.1, -0.05) is 30.9 Å². The van der Waals surface area contributed by atoms with Crippen LogP contribution in [0.2, 0.25) is 0 Å². The highest BCUT2D eigenvalue weighted by Crippen LogP contribution is 1.98. The van der Waals surface area contributed by atoms with E-state index in [9.17, 15) is 0 Å². The Kier molecular flexibility index (Phi) is 14.5. The molecule has 0 aliphatic rings. The molecule has 0 aliphatic heterocycles. The number of hydrogen-bond donors (Lipinski definition) is 1. The van der Waals surface area contributed by atoms with Crippen molar-refractivity contribution in [2.24, 2.45) is 5.73 Å². The first-order chi connectivity index (χ1) is 5.35. The minimum Gasteiger partial charge on any atom is -0.333 e. The molecule has 0 saturated carbocycles. The van der Waals surface area contributed by atoms with Crippen LogP contribution in [0.4, 0.5) is 0 Å². The van der Waals surface area contributed by atoms with E-state index in [1.165, 1.54) is 7.05 Å². The zero-order valence-electron chi connectivity index (χ0n) is 7.18. The number of halogens is 1. The average molecular weight is 174 g/mol. The van der Waals surface area contributed by atoms with Crippen molar-refractivity contribution in [3.8, 4) is 0 Å². The molecule has 0 bridgehead atoms. The summed E-state index contributed by atoms with van der Waals surface area (Å²) in [5, 5.41) is 0. The topological polar surface area (TPSA) is 26.0 Å². The predicted molar refractivity (Wildman–Crippen MR) is 53.9 cm³/mol. The zero-order chi connectivity index (χ0) is 9.11. The first kappa shape index (κ1) is 13.1. The molecule has 0 aromatic heterocycles. The van der Waals surface area contributed by atoms with E-state index in [1.807, 2.05) is 25.2 Å². The molecule has 0 aromatic carbocycles. The minimum absolute atomic E-state index is 0.570. The SMILES string of the molecule is C=C/C=C\C(=C/C)CCl.CN. The summed E-state index contributed by atoms with van der Waals surface area (Å²) in [5.74, 6) is 0.570. The standard InChI is InChI=1S/C8H11Cl.CH5N/c1-3-5-6-8(4-2)7-9;1-2/h3-6H,1,7H2,2H3;2H2,1H3/b6-5-,8-4+;. The van der Waals surface area contributed by atoms with Crippen molar-refractivity contribution < 1.29 is 0 Å². The van der Waals surface area contributed by atoms with Crippen molar-refractivity contribution in [2.45, 2.75) is 6.92 Å². The van der Waals surface area contributed by atoms with Crippen LogP contribution in [0.1, 0.15) is 6.92 Å². The summed E-state index contributed by atoms with van der Waals surface area (Å²) in [6.45, 7) is 5.51. The van der Waals surface area contributed by atoms with Crippen LogP contribution in [0.25, 0.3) is 0 Å². The lowest BCUT2D eigenvalue weighted by Crippen LogP contribution is -1.75. The molecule has 2 heteroatoms. The van der Waals surface area contributed by atoms with Crippen molar-refractivity contribution in [3.63, 3.8) is 0 Å². The normalized spacial score (nSPS) is 10.7. The number of nitrogens with two attached hydrogens (primary N) is 1. The summed E-state index contributed by atoms with van der Waals surface area (Å²) >= 11 is 5.55. The van der Waals surface area contributed by atoms with E-state index in [2.05, 4.69) is 12.3 Å². The van der Waals surface area contributed by atoms with Gasteiger partial charge in [0.1, 0.15) is 0 Å². The van der Waals surface area contributed by atoms with E-state index in [4.69, 9.17) is 11.6 Å². The molecule has 64 valence electrons. The summed E-state index contributed by atoms with van der Waals surface area (Å²) in [7, 11) is 1.50. The van der Waals surface area contributed by atoms with Gasteiger partial charge >= 0.3 is 0 Å². The third kappa shape index (κ3) is 9.47. The second kappa shape index (κ2) is 12.2. The molecule has 0 aliphatic carbocycles. The molecule has 0 rings (SSSR count). The highest BCUT2D eigenvalue weighted by molar-refractivity contribution is 6.19. The van der Waals surface area contributed by atoms with Crippen LogP contribution >= 0.6 is 11.6 Å². The molecule has 0 fully saturated rings. The Morgan fingerprint density at radius 3 is 2.36 bits per heavy atom. The third-order valence-electron chi connectivity index (χ3n) is 0.971. The maximum absolute atomic E-state index is 5.55. The molecule has 0 atom stereocenters. The van der Waals surface area contributed by atoms with Gasteiger partial charge in [-0.2, -0.15) is 0 Å². The van der Waals surface area contributed by atoms with Crippen LogP contribution in [0, 0.1) is 0 Å². The highest BCUT2D eigenvalue weighted by Gasteiger charge is 1.82. The fraction of sp³-hybridized carbons (Fsp3) is 0.333. The molecule has 1 nitrogen and oxygen atoms in total. The van der Waals surface area contributed by atoms with Gasteiger partial charge in [-0.25, -0.2) is 0 Å². The second-order valence-electron chi connectivity index (χ2n) is 1.59. The van der Waals surface area contributed by atoms with Gasteiger partial charge in [-0.3, -0.25) is 0 Å². The van der Waals surface area contributed by atoms with E-state index in [-0.39, 0.29) is 0 Å². The Labute approximate surface area is 74.2 Å². The Morgan fingerprint density at radius 2 is 2.09 bits per heavy atom. The number of allylic oxidation sites excluding steroid dienone is 5. The van der Waals surface area contributed by atoms with Gasteiger partial charge in [-0.15, -0.1) is 11.6 Å². The molecule has 0 spiro atoms. The maximum Gasteiger partial charge on any atom is 0.0470 e. The average Bonchev–Trinajstić information content (AvgIpc) is 2.10. The number of hydrogen-bond acceptors (Lipinski definition) is 1. The Morgan fingerprint density at radius 1 is 1.55 bits per heavy atom.